The highest BCUT2D eigenvalue weighted by Gasteiger charge is 1.98. The van der Waals surface area contributed by atoms with Crippen molar-refractivity contribution in [1.29, 1.82) is 0 Å². The van der Waals surface area contributed by atoms with E-state index in [4.69, 9.17) is 5.11 Å². The smallest absolute Gasteiger partial charge is 0.335 e. The van der Waals surface area contributed by atoms with Crippen molar-refractivity contribution in [3.05, 3.63) is 35.4 Å². The van der Waals surface area contributed by atoms with E-state index in [-0.39, 0.29) is 0 Å². The molecule has 1 aromatic rings. The molecule has 0 unspecified atom stereocenters. The summed E-state index contributed by atoms with van der Waals surface area (Å²) in [7, 11) is 8.50. The summed E-state index contributed by atoms with van der Waals surface area (Å²) in [6, 6.07) is 6.75. The van der Waals surface area contributed by atoms with Crippen LogP contribution in [0.2, 0.25) is 0 Å². The summed E-state index contributed by atoms with van der Waals surface area (Å²) in [4.78, 5) is 10.3. The molecule has 0 aliphatic heterocycles. The SMILES string of the molecule is C[N+](C)(C)C.Cc1ccc(C(=O)O)cc1. The van der Waals surface area contributed by atoms with E-state index in [1.807, 2.05) is 6.92 Å². The fourth-order valence-corrected chi connectivity index (χ4v) is 0.696. The lowest BCUT2D eigenvalue weighted by molar-refractivity contribution is -0.849. The van der Waals surface area contributed by atoms with Crippen LogP contribution >= 0.6 is 0 Å². The number of benzene rings is 1. The molecule has 0 aliphatic rings. The topological polar surface area (TPSA) is 37.3 Å². The predicted molar refractivity (Wildman–Crippen MR) is 62.1 cm³/mol. The number of hydrogen-bond donors (Lipinski definition) is 1. The van der Waals surface area contributed by atoms with Crippen LogP contribution < -0.4 is 0 Å². The van der Waals surface area contributed by atoms with Crippen molar-refractivity contribution < 1.29 is 14.4 Å². The number of carboxylic acid groups (broad SMARTS) is 1. The van der Waals surface area contributed by atoms with E-state index in [0.29, 0.717) is 5.56 Å². The van der Waals surface area contributed by atoms with Crippen LogP contribution in [0.4, 0.5) is 0 Å². The molecule has 0 amide bonds. The highest BCUT2D eigenvalue weighted by molar-refractivity contribution is 5.87. The molecule has 1 N–H and O–H groups in total. The first-order chi connectivity index (χ1) is 6.70. The van der Waals surface area contributed by atoms with Crippen molar-refractivity contribution in [2.75, 3.05) is 28.2 Å². The summed E-state index contributed by atoms with van der Waals surface area (Å²) < 4.78 is 1.00. The van der Waals surface area contributed by atoms with Gasteiger partial charge in [0.05, 0.1) is 33.8 Å². The molecule has 1 rings (SSSR count). The van der Waals surface area contributed by atoms with Gasteiger partial charge in [-0.15, -0.1) is 0 Å². The molecule has 0 atom stereocenters. The second-order valence-corrected chi connectivity index (χ2v) is 4.85. The summed E-state index contributed by atoms with van der Waals surface area (Å²) in [6.07, 6.45) is 0. The normalized spacial score (nSPS) is 10.2. The maximum absolute atomic E-state index is 10.3. The van der Waals surface area contributed by atoms with E-state index in [2.05, 4.69) is 28.2 Å². The van der Waals surface area contributed by atoms with Gasteiger partial charge in [-0.3, -0.25) is 0 Å². The van der Waals surface area contributed by atoms with Gasteiger partial charge in [-0.05, 0) is 19.1 Å². The average Bonchev–Trinajstić information content (AvgIpc) is 2.01. The molecule has 1 aromatic carbocycles. The fourth-order valence-electron chi connectivity index (χ4n) is 0.696. The minimum atomic E-state index is -0.875. The predicted octanol–water partition coefficient (Wildman–Crippen LogP) is 2.02. The Morgan fingerprint density at radius 3 is 1.67 bits per heavy atom. The lowest BCUT2D eigenvalue weighted by Crippen LogP contribution is -2.27. The monoisotopic (exact) mass is 210 g/mol. The molecule has 0 saturated carbocycles. The van der Waals surface area contributed by atoms with Gasteiger partial charge in [-0.25, -0.2) is 4.79 Å². The number of nitrogens with zero attached hydrogens (tertiary/aromatic N) is 1. The third-order valence-electron chi connectivity index (χ3n) is 1.30. The van der Waals surface area contributed by atoms with Crippen LogP contribution in [0.1, 0.15) is 15.9 Å². The second-order valence-electron chi connectivity index (χ2n) is 4.85. The molecule has 0 heterocycles. The average molecular weight is 210 g/mol. The van der Waals surface area contributed by atoms with Crippen LogP contribution in [0, 0.1) is 6.92 Å². The number of rotatable bonds is 1. The fraction of sp³-hybridized carbons (Fsp3) is 0.417. The van der Waals surface area contributed by atoms with Gasteiger partial charge >= 0.3 is 5.97 Å². The van der Waals surface area contributed by atoms with Crippen molar-refractivity contribution in [3.8, 4) is 0 Å². The summed E-state index contributed by atoms with van der Waals surface area (Å²) in [5.41, 5.74) is 1.41. The Balaban J connectivity index is 0.000000336. The first kappa shape index (κ1) is 13.7. The molecule has 0 radical (unpaired) electrons. The van der Waals surface area contributed by atoms with Gasteiger partial charge in [-0.1, -0.05) is 17.7 Å². The number of hydrogen-bond acceptors (Lipinski definition) is 1. The lowest BCUT2D eigenvalue weighted by Gasteiger charge is -2.14. The van der Waals surface area contributed by atoms with Gasteiger partial charge in [-0.2, -0.15) is 0 Å². The molecule has 84 valence electrons. The van der Waals surface area contributed by atoms with Crippen LogP contribution in [0.25, 0.3) is 0 Å². The molecule has 0 aliphatic carbocycles. The zero-order chi connectivity index (χ0) is 12.1. The Labute approximate surface area is 91.6 Å². The van der Waals surface area contributed by atoms with Gasteiger partial charge in [0, 0.05) is 0 Å². The number of carboxylic acids is 1. The van der Waals surface area contributed by atoms with E-state index in [9.17, 15) is 4.79 Å². The molecular weight excluding hydrogens is 190 g/mol. The van der Waals surface area contributed by atoms with Crippen molar-refractivity contribution in [2.24, 2.45) is 0 Å². The van der Waals surface area contributed by atoms with Gasteiger partial charge in [0.1, 0.15) is 0 Å². The van der Waals surface area contributed by atoms with E-state index >= 15 is 0 Å². The molecular formula is C12H20NO2+. The summed E-state index contributed by atoms with van der Waals surface area (Å²) >= 11 is 0. The Hall–Kier alpha value is -1.35. The third kappa shape index (κ3) is 8.97. The van der Waals surface area contributed by atoms with Crippen LogP contribution in [-0.2, 0) is 0 Å². The maximum atomic E-state index is 10.3. The van der Waals surface area contributed by atoms with Crippen molar-refractivity contribution in [3.63, 3.8) is 0 Å². The van der Waals surface area contributed by atoms with Gasteiger partial charge in [0.2, 0.25) is 0 Å². The minimum Gasteiger partial charge on any atom is -0.478 e. The largest absolute Gasteiger partial charge is 0.478 e. The molecule has 3 nitrogen and oxygen atoms in total. The first-order valence-corrected chi connectivity index (χ1v) is 4.79. The molecule has 15 heavy (non-hydrogen) atoms. The van der Waals surface area contributed by atoms with Crippen LogP contribution in [0.15, 0.2) is 24.3 Å². The molecule has 0 bridgehead atoms. The standard InChI is InChI=1S/C8H8O2.C4H12N/c1-6-2-4-7(5-3-6)8(9)10;1-5(2,3)4/h2-5H,1H3,(H,9,10);1-4H3/q;+1. The highest BCUT2D eigenvalue weighted by atomic mass is 16.4. The molecule has 0 fully saturated rings. The van der Waals surface area contributed by atoms with Crippen molar-refractivity contribution in [2.45, 2.75) is 6.92 Å². The summed E-state index contributed by atoms with van der Waals surface area (Å²) in [6.45, 7) is 1.92. The summed E-state index contributed by atoms with van der Waals surface area (Å²) in [5.74, 6) is -0.875. The lowest BCUT2D eigenvalue weighted by atomic mass is 10.2. The quantitative estimate of drug-likeness (QED) is 0.720. The third-order valence-corrected chi connectivity index (χ3v) is 1.30. The van der Waals surface area contributed by atoms with Gasteiger partial charge in [0.15, 0.2) is 0 Å². The Kier molecular flexibility index (Phi) is 5.02. The van der Waals surface area contributed by atoms with Gasteiger partial charge in [0.25, 0.3) is 0 Å². The molecule has 0 aromatic heterocycles. The zero-order valence-electron chi connectivity index (χ0n) is 10.1. The Morgan fingerprint density at radius 2 is 1.40 bits per heavy atom. The van der Waals surface area contributed by atoms with E-state index in [1.165, 1.54) is 0 Å². The number of carbonyl (C=O) groups is 1. The van der Waals surface area contributed by atoms with Crippen molar-refractivity contribution in [1.82, 2.24) is 0 Å². The van der Waals surface area contributed by atoms with E-state index in [0.717, 1.165) is 10.0 Å². The van der Waals surface area contributed by atoms with E-state index < -0.39 is 5.97 Å². The Bertz CT molecular complexity index is 303. The highest BCUT2D eigenvalue weighted by Crippen LogP contribution is 2.01. The number of aryl methyl sites for hydroxylation is 1. The van der Waals surface area contributed by atoms with Crippen LogP contribution in [0.3, 0.4) is 0 Å². The zero-order valence-corrected chi connectivity index (χ0v) is 10.1. The number of quaternary nitrogens is 1. The molecule has 3 heteroatoms. The molecule has 0 spiro atoms. The van der Waals surface area contributed by atoms with Crippen molar-refractivity contribution >= 4 is 5.97 Å². The first-order valence-electron chi connectivity index (χ1n) is 4.79. The van der Waals surface area contributed by atoms with Crippen LogP contribution in [-0.4, -0.2) is 43.7 Å². The molecule has 0 saturated heterocycles. The maximum Gasteiger partial charge on any atom is 0.335 e. The van der Waals surface area contributed by atoms with E-state index in [1.54, 1.807) is 24.3 Å². The number of aromatic carboxylic acids is 1. The van der Waals surface area contributed by atoms with Crippen LogP contribution in [0.5, 0.6) is 0 Å². The second kappa shape index (κ2) is 5.51. The summed E-state index contributed by atoms with van der Waals surface area (Å²) in [5, 5.41) is 8.48. The minimum absolute atomic E-state index is 0.339. The Morgan fingerprint density at radius 1 is 1.07 bits per heavy atom. The van der Waals surface area contributed by atoms with Gasteiger partial charge < -0.3 is 9.59 Å².